The first-order valence-electron chi connectivity index (χ1n) is 10.5. The van der Waals surface area contributed by atoms with Crippen LogP contribution in [0, 0.1) is 6.92 Å². The van der Waals surface area contributed by atoms with Gasteiger partial charge >= 0.3 is 0 Å². The van der Waals surface area contributed by atoms with Crippen molar-refractivity contribution >= 4 is 22.8 Å². The minimum Gasteiger partial charge on any atom is -0.352 e. The fourth-order valence-corrected chi connectivity index (χ4v) is 3.86. The van der Waals surface area contributed by atoms with Crippen LogP contribution >= 0.6 is 0 Å². The molecular formula is C21H30N6O2. The van der Waals surface area contributed by atoms with Crippen LogP contribution in [0.5, 0.6) is 0 Å². The highest BCUT2D eigenvalue weighted by Crippen LogP contribution is 2.22. The minimum atomic E-state index is -0.158. The van der Waals surface area contributed by atoms with E-state index >= 15 is 0 Å². The average molecular weight is 399 g/mol. The van der Waals surface area contributed by atoms with Gasteiger partial charge in [0.25, 0.3) is 5.91 Å². The van der Waals surface area contributed by atoms with Crippen LogP contribution in [0.1, 0.15) is 55.7 Å². The maximum atomic E-state index is 13.1. The van der Waals surface area contributed by atoms with E-state index in [4.69, 9.17) is 0 Å². The molecule has 3 heterocycles. The van der Waals surface area contributed by atoms with E-state index in [9.17, 15) is 9.59 Å². The Morgan fingerprint density at radius 2 is 1.83 bits per heavy atom. The van der Waals surface area contributed by atoms with Gasteiger partial charge in [-0.15, -0.1) is 0 Å². The predicted molar refractivity (Wildman–Crippen MR) is 111 cm³/mol. The molecule has 0 bridgehead atoms. The van der Waals surface area contributed by atoms with Crippen LogP contribution in [0.15, 0.2) is 12.3 Å². The van der Waals surface area contributed by atoms with E-state index in [1.165, 1.54) is 0 Å². The maximum absolute atomic E-state index is 13.1. The van der Waals surface area contributed by atoms with Gasteiger partial charge in [0.15, 0.2) is 5.65 Å². The Balaban J connectivity index is 1.43. The number of piperazine rings is 1. The molecule has 2 aromatic rings. The largest absolute Gasteiger partial charge is 0.352 e. The van der Waals surface area contributed by atoms with Crippen LogP contribution in [0.4, 0.5) is 0 Å². The number of hydrogen-bond acceptors (Lipinski definition) is 5. The minimum absolute atomic E-state index is 0.00364. The van der Waals surface area contributed by atoms with E-state index in [-0.39, 0.29) is 23.9 Å². The van der Waals surface area contributed by atoms with Crippen molar-refractivity contribution in [2.24, 2.45) is 0 Å². The molecule has 1 N–H and O–H groups in total. The van der Waals surface area contributed by atoms with Gasteiger partial charge < -0.3 is 10.2 Å². The number of aromatic nitrogens is 3. The fraction of sp³-hybridized carbons (Fsp3) is 0.619. The summed E-state index contributed by atoms with van der Waals surface area (Å²) in [5.74, 6) is 0.101. The summed E-state index contributed by atoms with van der Waals surface area (Å²) >= 11 is 0. The standard InChI is InChI=1S/C21H30N6O2/c1-13(2)27-19-16(12-22-27)11-18(14(3)23-19)21(29)26-9-7-25(8-10-26)15(4)20(28)24-17-5-6-17/h11-13,15,17H,5-10H2,1-4H3,(H,24,28). The van der Waals surface area contributed by atoms with Crippen molar-refractivity contribution in [2.75, 3.05) is 26.2 Å². The maximum Gasteiger partial charge on any atom is 0.255 e. The molecule has 8 nitrogen and oxygen atoms in total. The number of hydrogen-bond donors (Lipinski definition) is 1. The van der Waals surface area contributed by atoms with Crippen LogP contribution in [0.25, 0.3) is 11.0 Å². The van der Waals surface area contributed by atoms with Gasteiger partial charge in [0.2, 0.25) is 5.91 Å². The Hall–Kier alpha value is -2.48. The molecule has 8 heteroatoms. The monoisotopic (exact) mass is 398 g/mol. The third kappa shape index (κ3) is 3.99. The number of nitrogens with zero attached hydrogens (tertiary/aromatic N) is 5. The zero-order chi connectivity index (χ0) is 20.7. The van der Waals surface area contributed by atoms with E-state index in [0.717, 1.165) is 29.6 Å². The van der Waals surface area contributed by atoms with Crippen molar-refractivity contribution in [1.82, 2.24) is 29.9 Å². The highest BCUT2D eigenvalue weighted by atomic mass is 16.2. The third-order valence-corrected chi connectivity index (χ3v) is 5.93. The van der Waals surface area contributed by atoms with Gasteiger partial charge in [0, 0.05) is 43.6 Å². The van der Waals surface area contributed by atoms with Crippen LogP contribution < -0.4 is 5.32 Å². The first-order chi connectivity index (χ1) is 13.8. The second-order valence-corrected chi connectivity index (χ2v) is 8.50. The lowest BCUT2D eigenvalue weighted by molar-refractivity contribution is -0.126. The fourth-order valence-electron chi connectivity index (χ4n) is 3.86. The van der Waals surface area contributed by atoms with Crippen molar-refractivity contribution in [2.45, 2.75) is 58.7 Å². The lowest BCUT2D eigenvalue weighted by atomic mass is 10.1. The molecule has 4 rings (SSSR count). The van der Waals surface area contributed by atoms with Crippen LogP contribution in [-0.4, -0.2) is 74.6 Å². The molecule has 156 valence electrons. The van der Waals surface area contributed by atoms with Crippen molar-refractivity contribution < 1.29 is 9.59 Å². The summed E-state index contributed by atoms with van der Waals surface area (Å²) in [7, 11) is 0. The molecule has 2 amide bonds. The van der Waals surface area contributed by atoms with Crippen LogP contribution in [-0.2, 0) is 4.79 Å². The Bertz CT molecular complexity index is 925. The van der Waals surface area contributed by atoms with Crippen molar-refractivity contribution in [3.63, 3.8) is 0 Å². The first-order valence-corrected chi connectivity index (χ1v) is 10.5. The van der Waals surface area contributed by atoms with E-state index in [0.29, 0.717) is 37.8 Å². The van der Waals surface area contributed by atoms with E-state index in [2.05, 4.69) is 34.1 Å². The van der Waals surface area contributed by atoms with Gasteiger partial charge in [-0.2, -0.15) is 5.10 Å². The Morgan fingerprint density at radius 3 is 2.45 bits per heavy atom. The SMILES string of the molecule is Cc1nc2c(cnn2C(C)C)cc1C(=O)N1CCN(C(C)C(=O)NC2CC2)CC1. The second-order valence-electron chi connectivity index (χ2n) is 8.50. The highest BCUT2D eigenvalue weighted by molar-refractivity contribution is 5.98. The summed E-state index contributed by atoms with van der Waals surface area (Å²) < 4.78 is 1.88. The molecule has 1 atom stereocenters. The van der Waals surface area contributed by atoms with Crippen molar-refractivity contribution in [3.05, 3.63) is 23.5 Å². The van der Waals surface area contributed by atoms with Gasteiger partial charge in [-0.3, -0.25) is 14.5 Å². The zero-order valence-corrected chi connectivity index (χ0v) is 17.7. The van der Waals surface area contributed by atoms with Gasteiger partial charge in [-0.05, 0) is 46.6 Å². The van der Waals surface area contributed by atoms with Crippen LogP contribution in [0.3, 0.4) is 0 Å². The summed E-state index contributed by atoms with van der Waals surface area (Å²) in [5, 5.41) is 8.36. The normalized spacial score (nSPS) is 19.0. The van der Waals surface area contributed by atoms with Gasteiger partial charge in [0.05, 0.1) is 23.5 Å². The molecule has 1 aliphatic heterocycles. The molecule has 0 radical (unpaired) electrons. The number of nitrogens with one attached hydrogen (secondary N) is 1. The molecule has 2 fully saturated rings. The summed E-state index contributed by atoms with van der Waals surface area (Å²) in [6.07, 6.45) is 3.96. The first kappa shape index (κ1) is 19.8. The van der Waals surface area contributed by atoms with E-state index < -0.39 is 0 Å². The van der Waals surface area contributed by atoms with E-state index in [1.54, 1.807) is 6.20 Å². The lowest BCUT2D eigenvalue weighted by Gasteiger charge is -2.37. The predicted octanol–water partition coefficient (Wildman–Crippen LogP) is 1.75. The topological polar surface area (TPSA) is 83.4 Å². The summed E-state index contributed by atoms with van der Waals surface area (Å²) in [5.41, 5.74) is 2.17. The third-order valence-electron chi connectivity index (χ3n) is 5.93. The molecule has 2 aliphatic rings. The molecule has 1 aliphatic carbocycles. The number of rotatable bonds is 5. The van der Waals surface area contributed by atoms with Crippen molar-refractivity contribution in [3.8, 4) is 0 Å². The molecule has 1 saturated heterocycles. The summed E-state index contributed by atoms with van der Waals surface area (Å²) in [4.78, 5) is 34.1. The summed E-state index contributed by atoms with van der Waals surface area (Å²) in [6.45, 7) is 10.6. The summed E-state index contributed by atoms with van der Waals surface area (Å²) in [6, 6.07) is 2.34. The van der Waals surface area contributed by atoms with E-state index in [1.807, 2.05) is 29.5 Å². The number of carbonyl (C=O) groups is 2. The Morgan fingerprint density at radius 1 is 1.14 bits per heavy atom. The Labute approximate surface area is 171 Å². The molecule has 1 unspecified atom stereocenters. The average Bonchev–Trinajstić information content (AvgIpc) is 3.42. The molecule has 2 aromatic heterocycles. The number of amides is 2. The number of pyridine rings is 1. The quantitative estimate of drug-likeness (QED) is 0.830. The Kier molecular flexibility index (Phi) is 5.29. The molecule has 29 heavy (non-hydrogen) atoms. The van der Waals surface area contributed by atoms with Gasteiger partial charge in [-0.25, -0.2) is 9.67 Å². The number of carbonyl (C=O) groups excluding carboxylic acids is 2. The van der Waals surface area contributed by atoms with Gasteiger partial charge in [-0.1, -0.05) is 0 Å². The zero-order valence-electron chi connectivity index (χ0n) is 17.7. The molecule has 1 saturated carbocycles. The molecule has 0 spiro atoms. The highest BCUT2D eigenvalue weighted by Gasteiger charge is 2.31. The number of fused-ring (bicyclic) bond motifs is 1. The smallest absolute Gasteiger partial charge is 0.255 e. The van der Waals surface area contributed by atoms with Crippen LogP contribution in [0.2, 0.25) is 0 Å². The van der Waals surface area contributed by atoms with Crippen molar-refractivity contribution in [1.29, 1.82) is 0 Å². The number of aryl methyl sites for hydroxylation is 1. The van der Waals surface area contributed by atoms with Gasteiger partial charge in [0.1, 0.15) is 0 Å². The molecule has 0 aromatic carbocycles. The lowest BCUT2D eigenvalue weighted by Crippen LogP contribution is -2.55. The second kappa shape index (κ2) is 7.74. The molecular weight excluding hydrogens is 368 g/mol.